The highest BCUT2D eigenvalue weighted by Crippen LogP contribution is 2.13. The van der Waals surface area contributed by atoms with Gasteiger partial charge in [0.1, 0.15) is 4.60 Å². The number of nitrogens with zero attached hydrogens (tertiary/aromatic N) is 1. The third-order valence-electron chi connectivity index (χ3n) is 1.27. The topological polar surface area (TPSA) is 38.9 Å². The van der Waals surface area contributed by atoms with Crippen molar-refractivity contribution in [2.24, 2.45) is 5.73 Å². The lowest BCUT2D eigenvalue weighted by atomic mass is 10.2. The van der Waals surface area contributed by atoms with E-state index in [1.54, 1.807) is 0 Å². The van der Waals surface area contributed by atoms with Crippen LogP contribution in [0.25, 0.3) is 0 Å². The van der Waals surface area contributed by atoms with Gasteiger partial charge in [-0.15, -0.1) is 0 Å². The number of pyridine rings is 1. The van der Waals surface area contributed by atoms with Crippen LogP contribution in [-0.4, -0.2) is 4.98 Å². The summed E-state index contributed by atoms with van der Waals surface area (Å²) in [4.78, 5) is 4.09. The number of nitrogens with two attached hydrogens (primary N) is 1. The molecule has 0 aliphatic rings. The van der Waals surface area contributed by atoms with Crippen LogP contribution in [-0.2, 0) is 6.54 Å². The zero-order valence-corrected chi connectivity index (χ0v) is 7.35. The van der Waals surface area contributed by atoms with Gasteiger partial charge >= 0.3 is 0 Å². The summed E-state index contributed by atoms with van der Waals surface area (Å²) in [6, 6.07) is 2.02. The average molecular weight is 201 g/mol. The van der Waals surface area contributed by atoms with Gasteiger partial charge in [-0.1, -0.05) is 6.07 Å². The summed E-state index contributed by atoms with van der Waals surface area (Å²) in [6.07, 6.45) is 1.81. The van der Waals surface area contributed by atoms with E-state index in [9.17, 15) is 0 Å². The standard InChI is InChI=1S/C7H9BrN2/c1-5-2-6(3-9)7(8)10-4-5/h2,4H,3,9H2,1H3. The molecule has 0 spiro atoms. The third kappa shape index (κ3) is 1.55. The molecule has 0 saturated carbocycles. The van der Waals surface area contributed by atoms with Crippen LogP contribution in [0.2, 0.25) is 0 Å². The van der Waals surface area contributed by atoms with Crippen molar-refractivity contribution in [1.29, 1.82) is 0 Å². The van der Waals surface area contributed by atoms with Gasteiger partial charge < -0.3 is 5.73 Å². The lowest BCUT2D eigenvalue weighted by Crippen LogP contribution is -1.98. The van der Waals surface area contributed by atoms with Crippen LogP contribution in [0.15, 0.2) is 16.9 Å². The van der Waals surface area contributed by atoms with E-state index < -0.39 is 0 Å². The summed E-state index contributed by atoms with van der Waals surface area (Å²) >= 11 is 3.30. The zero-order valence-electron chi connectivity index (χ0n) is 5.76. The minimum absolute atomic E-state index is 0.537. The van der Waals surface area contributed by atoms with Gasteiger partial charge in [0, 0.05) is 12.7 Å². The van der Waals surface area contributed by atoms with Gasteiger partial charge in [-0.25, -0.2) is 4.98 Å². The SMILES string of the molecule is Cc1cnc(Br)c(CN)c1. The number of rotatable bonds is 1. The van der Waals surface area contributed by atoms with Crippen LogP contribution in [0, 0.1) is 6.92 Å². The highest BCUT2D eigenvalue weighted by molar-refractivity contribution is 9.10. The third-order valence-corrected chi connectivity index (χ3v) is 1.98. The van der Waals surface area contributed by atoms with E-state index in [0.29, 0.717) is 6.54 Å². The predicted molar refractivity (Wildman–Crippen MR) is 44.6 cm³/mol. The van der Waals surface area contributed by atoms with Crippen molar-refractivity contribution < 1.29 is 0 Å². The molecule has 0 saturated heterocycles. The fourth-order valence-electron chi connectivity index (χ4n) is 0.756. The molecule has 10 heavy (non-hydrogen) atoms. The molecule has 0 fully saturated rings. The number of hydrogen-bond acceptors (Lipinski definition) is 2. The Labute approximate surface area is 68.6 Å². The summed E-state index contributed by atoms with van der Waals surface area (Å²) in [5.41, 5.74) is 7.65. The van der Waals surface area contributed by atoms with Crippen molar-refractivity contribution in [2.45, 2.75) is 13.5 Å². The summed E-state index contributed by atoms with van der Waals surface area (Å²) in [7, 11) is 0. The van der Waals surface area contributed by atoms with Gasteiger partial charge in [0.05, 0.1) is 0 Å². The second kappa shape index (κ2) is 3.12. The first-order valence-corrected chi connectivity index (χ1v) is 3.84. The molecular weight excluding hydrogens is 192 g/mol. The molecule has 0 aromatic carbocycles. The smallest absolute Gasteiger partial charge is 0.110 e. The summed E-state index contributed by atoms with van der Waals surface area (Å²) in [5, 5.41) is 0. The van der Waals surface area contributed by atoms with E-state index in [1.165, 1.54) is 0 Å². The number of halogens is 1. The van der Waals surface area contributed by atoms with E-state index in [0.717, 1.165) is 15.7 Å². The van der Waals surface area contributed by atoms with Crippen molar-refractivity contribution >= 4 is 15.9 Å². The molecule has 0 atom stereocenters. The van der Waals surface area contributed by atoms with Crippen LogP contribution in [0.1, 0.15) is 11.1 Å². The molecule has 0 bridgehead atoms. The lowest BCUT2D eigenvalue weighted by molar-refractivity contribution is 1.02. The maximum atomic E-state index is 5.45. The summed E-state index contributed by atoms with van der Waals surface area (Å²) in [5.74, 6) is 0. The molecule has 0 amide bonds. The number of hydrogen-bond donors (Lipinski definition) is 1. The van der Waals surface area contributed by atoms with E-state index >= 15 is 0 Å². The van der Waals surface area contributed by atoms with Gasteiger partial charge in [0.2, 0.25) is 0 Å². The second-order valence-electron chi connectivity index (χ2n) is 2.17. The quantitative estimate of drug-likeness (QED) is 0.701. The van der Waals surface area contributed by atoms with Crippen LogP contribution >= 0.6 is 15.9 Å². The summed E-state index contributed by atoms with van der Waals surface area (Å²) in [6.45, 7) is 2.54. The number of aromatic nitrogens is 1. The molecule has 1 heterocycles. The Kier molecular flexibility index (Phi) is 2.40. The first-order valence-electron chi connectivity index (χ1n) is 3.05. The Balaban J connectivity index is 3.09. The van der Waals surface area contributed by atoms with Crippen LogP contribution < -0.4 is 5.73 Å². The van der Waals surface area contributed by atoms with E-state index in [4.69, 9.17) is 5.73 Å². The molecule has 0 radical (unpaired) electrons. The van der Waals surface area contributed by atoms with Gasteiger partial charge in [0.15, 0.2) is 0 Å². The van der Waals surface area contributed by atoms with Crippen molar-refractivity contribution in [1.82, 2.24) is 4.98 Å². The van der Waals surface area contributed by atoms with Crippen molar-refractivity contribution in [2.75, 3.05) is 0 Å². The highest BCUT2D eigenvalue weighted by Gasteiger charge is 1.96. The molecule has 1 aromatic rings. The van der Waals surface area contributed by atoms with Crippen LogP contribution in [0.5, 0.6) is 0 Å². The van der Waals surface area contributed by atoms with E-state index in [1.807, 2.05) is 19.2 Å². The highest BCUT2D eigenvalue weighted by atomic mass is 79.9. The Morgan fingerprint density at radius 3 is 2.90 bits per heavy atom. The largest absolute Gasteiger partial charge is 0.326 e. The average Bonchev–Trinajstić information content (AvgIpc) is 1.94. The molecular formula is C7H9BrN2. The molecule has 1 aromatic heterocycles. The van der Waals surface area contributed by atoms with E-state index in [-0.39, 0.29) is 0 Å². The first kappa shape index (κ1) is 7.69. The van der Waals surface area contributed by atoms with Crippen molar-refractivity contribution in [3.8, 4) is 0 Å². The van der Waals surface area contributed by atoms with Crippen LogP contribution in [0.4, 0.5) is 0 Å². The lowest BCUT2D eigenvalue weighted by Gasteiger charge is -1.99. The minimum atomic E-state index is 0.537. The van der Waals surface area contributed by atoms with Gasteiger partial charge in [-0.05, 0) is 34.0 Å². The molecule has 3 heteroatoms. The Morgan fingerprint density at radius 1 is 1.70 bits per heavy atom. The molecule has 1 rings (SSSR count). The zero-order chi connectivity index (χ0) is 7.56. The maximum Gasteiger partial charge on any atom is 0.110 e. The maximum absolute atomic E-state index is 5.45. The van der Waals surface area contributed by atoms with Crippen LogP contribution in [0.3, 0.4) is 0 Å². The summed E-state index contributed by atoms with van der Waals surface area (Å²) < 4.78 is 0.848. The van der Waals surface area contributed by atoms with Crippen molar-refractivity contribution in [3.63, 3.8) is 0 Å². The molecule has 0 aliphatic heterocycles. The molecule has 54 valence electrons. The van der Waals surface area contributed by atoms with E-state index in [2.05, 4.69) is 20.9 Å². The first-order chi connectivity index (χ1) is 4.74. The minimum Gasteiger partial charge on any atom is -0.326 e. The molecule has 0 aliphatic carbocycles. The molecule has 2 N–H and O–H groups in total. The monoisotopic (exact) mass is 200 g/mol. The molecule has 0 unspecified atom stereocenters. The van der Waals surface area contributed by atoms with Gasteiger partial charge in [-0.2, -0.15) is 0 Å². The second-order valence-corrected chi connectivity index (χ2v) is 2.92. The fraction of sp³-hybridized carbons (Fsp3) is 0.286. The van der Waals surface area contributed by atoms with Gasteiger partial charge in [0.25, 0.3) is 0 Å². The molecule has 2 nitrogen and oxygen atoms in total. The fourth-order valence-corrected chi connectivity index (χ4v) is 1.13. The Hall–Kier alpha value is -0.410. The number of aryl methyl sites for hydroxylation is 1. The Morgan fingerprint density at radius 2 is 2.40 bits per heavy atom. The van der Waals surface area contributed by atoms with Gasteiger partial charge in [-0.3, -0.25) is 0 Å². The predicted octanol–water partition coefficient (Wildman–Crippen LogP) is 1.61. The van der Waals surface area contributed by atoms with Crippen molar-refractivity contribution in [3.05, 3.63) is 28.0 Å². The normalized spacial score (nSPS) is 9.90. The Bertz CT molecular complexity index is 235.